The van der Waals surface area contributed by atoms with Gasteiger partial charge in [0.25, 0.3) is 0 Å². The largest absolute Gasteiger partial charge is 0.479 e. The molecule has 0 aromatic rings. The van der Waals surface area contributed by atoms with Crippen molar-refractivity contribution in [2.45, 2.75) is 108 Å². The number of carboxylic acids is 1. The fourth-order valence-electron chi connectivity index (χ4n) is 5.84. The second kappa shape index (κ2) is 10.2. The number of aliphatic carboxylic acids is 1. The van der Waals surface area contributed by atoms with Crippen molar-refractivity contribution < 1.29 is 33.9 Å². The summed E-state index contributed by atoms with van der Waals surface area (Å²) >= 11 is 0. The molecule has 3 N–H and O–H groups in total. The Balaban J connectivity index is 1.57. The van der Waals surface area contributed by atoms with Gasteiger partial charge in [0, 0.05) is 18.8 Å². The number of nitrogens with one attached hydrogen (secondary N) is 2. The van der Waals surface area contributed by atoms with Crippen LogP contribution in [-0.4, -0.2) is 75.5 Å². The number of likely N-dealkylation sites (tertiary alicyclic amines) is 1. The van der Waals surface area contributed by atoms with Crippen LogP contribution in [0.5, 0.6) is 0 Å². The Morgan fingerprint density at radius 2 is 1.95 bits per heavy atom. The van der Waals surface area contributed by atoms with Crippen molar-refractivity contribution in [2.24, 2.45) is 16.5 Å². The van der Waals surface area contributed by atoms with E-state index in [-0.39, 0.29) is 25.5 Å². The average Bonchev–Trinajstić information content (AvgIpc) is 3.22. The molecular formula is C27H40N4O7. The Morgan fingerprint density at radius 1 is 1.26 bits per heavy atom. The minimum Gasteiger partial charge on any atom is -0.479 e. The summed E-state index contributed by atoms with van der Waals surface area (Å²) in [7, 11) is 0. The van der Waals surface area contributed by atoms with Crippen molar-refractivity contribution in [3.05, 3.63) is 12.7 Å². The lowest BCUT2D eigenvalue weighted by atomic mass is 9.85. The van der Waals surface area contributed by atoms with Crippen LogP contribution in [0.1, 0.15) is 79.1 Å². The van der Waals surface area contributed by atoms with Gasteiger partial charge in [0.05, 0.1) is 12.3 Å². The first-order chi connectivity index (χ1) is 17.8. The van der Waals surface area contributed by atoms with Crippen LogP contribution >= 0.6 is 0 Å². The molecule has 0 unspecified atom stereocenters. The number of hydrogen-bond donors (Lipinski definition) is 3. The van der Waals surface area contributed by atoms with Gasteiger partial charge in [-0.1, -0.05) is 38.9 Å². The van der Waals surface area contributed by atoms with Crippen LogP contribution in [0.25, 0.3) is 0 Å². The van der Waals surface area contributed by atoms with Gasteiger partial charge < -0.3 is 30.2 Å². The molecule has 0 radical (unpaired) electrons. The molecule has 4 rings (SSSR count). The third-order valence-corrected chi connectivity index (χ3v) is 8.27. The zero-order valence-corrected chi connectivity index (χ0v) is 22.7. The van der Waals surface area contributed by atoms with E-state index in [1.807, 2.05) is 27.7 Å². The molecule has 0 aromatic heterocycles. The highest BCUT2D eigenvalue weighted by molar-refractivity contribution is 5.97. The van der Waals surface area contributed by atoms with Crippen molar-refractivity contribution in [1.82, 2.24) is 15.5 Å². The van der Waals surface area contributed by atoms with Crippen LogP contribution in [0, 0.1) is 11.3 Å². The molecule has 2 heterocycles. The maximum Gasteiger partial charge on any atom is 0.408 e. The van der Waals surface area contributed by atoms with Gasteiger partial charge in [-0.15, -0.1) is 6.58 Å². The van der Waals surface area contributed by atoms with Gasteiger partial charge in [0.1, 0.15) is 23.7 Å². The number of oxime groups is 1. The van der Waals surface area contributed by atoms with E-state index in [0.29, 0.717) is 12.8 Å². The maximum absolute atomic E-state index is 14.1. The van der Waals surface area contributed by atoms with E-state index in [0.717, 1.165) is 31.4 Å². The summed E-state index contributed by atoms with van der Waals surface area (Å²) in [5.74, 6) is -2.56. The van der Waals surface area contributed by atoms with Crippen LogP contribution in [0.2, 0.25) is 0 Å². The monoisotopic (exact) mass is 532 g/mol. The first-order valence-electron chi connectivity index (χ1n) is 13.5. The molecule has 2 saturated carbocycles. The molecule has 1 spiro atoms. The van der Waals surface area contributed by atoms with Crippen LogP contribution in [0.3, 0.4) is 0 Å². The molecule has 1 saturated heterocycles. The fourth-order valence-corrected chi connectivity index (χ4v) is 5.84. The lowest BCUT2D eigenvalue weighted by molar-refractivity contribution is -0.146. The normalized spacial score (nSPS) is 31.4. The Labute approximate surface area is 223 Å². The van der Waals surface area contributed by atoms with E-state index in [9.17, 15) is 24.3 Å². The zero-order chi connectivity index (χ0) is 27.9. The molecule has 38 heavy (non-hydrogen) atoms. The number of carbonyl (C=O) groups excluding carboxylic acids is 3. The lowest BCUT2D eigenvalue weighted by Crippen LogP contribution is -2.59. The lowest BCUT2D eigenvalue weighted by Gasteiger charge is -2.35. The summed E-state index contributed by atoms with van der Waals surface area (Å²) in [4.78, 5) is 59.6. The number of rotatable bonds is 8. The summed E-state index contributed by atoms with van der Waals surface area (Å²) < 4.78 is 5.55. The fraction of sp³-hybridized carbons (Fsp3) is 0.741. The van der Waals surface area contributed by atoms with Crippen molar-refractivity contribution >= 4 is 29.6 Å². The first kappa shape index (κ1) is 27.9. The van der Waals surface area contributed by atoms with Crippen molar-refractivity contribution in [1.29, 1.82) is 0 Å². The van der Waals surface area contributed by atoms with E-state index in [2.05, 4.69) is 22.4 Å². The van der Waals surface area contributed by atoms with Crippen molar-refractivity contribution in [2.75, 3.05) is 6.54 Å². The number of carbonyl (C=O) groups is 4. The molecule has 5 atom stereocenters. The summed E-state index contributed by atoms with van der Waals surface area (Å²) in [6.45, 7) is 11.2. The Morgan fingerprint density at radius 3 is 2.47 bits per heavy atom. The molecule has 4 aliphatic rings. The number of nitrogens with zero attached hydrogens (tertiary/aromatic N) is 2. The molecular weight excluding hydrogens is 492 g/mol. The molecule has 210 valence electrons. The van der Waals surface area contributed by atoms with Crippen LogP contribution in [0.15, 0.2) is 17.8 Å². The van der Waals surface area contributed by atoms with E-state index < -0.39 is 58.4 Å². The van der Waals surface area contributed by atoms with Gasteiger partial charge in [-0.2, -0.15) is 0 Å². The quantitative estimate of drug-likeness (QED) is 0.407. The Bertz CT molecular complexity index is 1030. The number of ether oxygens (including phenoxy) is 1. The summed E-state index contributed by atoms with van der Waals surface area (Å²) in [5.41, 5.74) is -2.18. The molecule has 11 nitrogen and oxygen atoms in total. The number of carboxylic acid groups (broad SMARTS) is 1. The van der Waals surface area contributed by atoms with Gasteiger partial charge >= 0.3 is 12.1 Å². The minimum absolute atomic E-state index is 0.0911. The topological polar surface area (TPSA) is 147 Å². The van der Waals surface area contributed by atoms with Gasteiger partial charge in [0.2, 0.25) is 11.8 Å². The van der Waals surface area contributed by atoms with E-state index in [4.69, 9.17) is 9.57 Å². The molecule has 0 aromatic carbocycles. The molecule has 3 amide bonds. The minimum atomic E-state index is -1.43. The first-order valence-corrected chi connectivity index (χ1v) is 13.5. The van der Waals surface area contributed by atoms with E-state index in [1.165, 1.54) is 11.0 Å². The molecule has 0 bridgehead atoms. The smallest absolute Gasteiger partial charge is 0.408 e. The second-order valence-electron chi connectivity index (χ2n) is 12.2. The SMILES string of the molecule is C=C[C@@H]1C[C@]1(NC(=O)[C@@H]1C[C@]2(CC(CC)=NO2)CN1C(=O)[C@@H](NC(=O)OC1CCCC1)C(C)(C)C)C(=O)O. The van der Waals surface area contributed by atoms with Gasteiger partial charge in [-0.3, -0.25) is 9.59 Å². The van der Waals surface area contributed by atoms with Gasteiger partial charge in [-0.05, 0) is 43.9 Å². The van der Waals surface area contributed by atoms with E-state index in [1.54, 1.807) is 0 Å². The highest BCUT2D eigenvalue weighted by Gasteiger charge is 2.62. The van der Waals surface area contributed by atoms with Crippen LogP contribution in [-0.2, 0) is 24.0 Å². The van der Waals surface area contributed by atoms with Gasteiger partial charge in [-0.25, -0.2) is 9.59 Å². The number of hydrogen-bond acceptors (Lipinski definition) is 7. The molecule has 11 heteroatoms. The predicted octanol–water partition coefficient (Wildman–Crippen LogP) is 2.74. The zero-order valence-electron chi connectivity index (χ0n) is 22.7. The van der Waals surface area contributed by atoms with Crippen molar-refractivity contribution in [3.8, 4) is 0 Å². The van der Waals surface area contributed by atoms with E-state index >= 15 is 0 Å². The molecule has 3 fully saturated rings. The number of alkyl carbamates (subject to hydrolysis) is 1. The summed E-state index contributed by atoms with van der Waals surface area (Å²) in [6.07, 6.45) is 5.82. The summed E-state index contributed by atoms with van der Waals surface area (Å²) in [5, 5.41) is 19.4. The van der Waals surface area contributed by atoms with Crippen LogP contribution in [0.4, 0.5) is 4.79 Å². The van der Waals surface area contributed by atoms with Crippen molar-refractivity contribution in [3.63, 3.8) is 0 Å². The summed E-state index contributed by atoms with van der Waals surface area (Å²) in [6, 6.07) is -1.97. The molecule has 2 aliphatic carbocycles. The Hall–Kier alpha value is -3.11. The molecule has 2 aliphatic heterocycles. The van der Waals surface area contributed by atoms with Crippen LogP contribution < -0.4 is 10.6 Å². The third-order valence-electron chi connectivity index (χ3n) is 8.27. The average molecular weight is 533 g/mol. The maximum atomic E-state index is 14.1. The highest BCUT2D eigenvalue weighted by atomic mass is 16.7. The predicted molar refractivity (Wildman–Crippen MR) is 138 cm³/mol. The Kier molecular flexibility index (Phi) is 7.51. The van der Waals surface area contributed by atoms with Gasteiger partial charge in [0.15, 0.2) is 5.60 Å². The standard InChI is InChI=1S/C27H40N4O7/c1-6-16-12-27(16,23(34)35)29-21(32)19-14-26(13-17(7-2)30-38-26)15-31(19)22(33)20(25(3,4)5)28-24(36)37-18-10-8-9-11-18/h6,16,18-20H,1,7-15H2,2-5H3,(H,28,36)(H,29,32)(H,34,35)/t16-,19+,20-,26-,27-/m1/s1. The second-order valence-corrected chi connectivity index (χ2v) is 12.2. The number of amides is 3. The highest BCUT2D eigenvalue weighted by Crippen LogP contribution is 2.46. The third kappa shape index (κ3) is 5.37.